The molecule has 2 aromatic heterocycles. The molecule has 5 nitrogen and oxygen atoms in total. The van der Waals surface area contributed by atoms with Crippen LogP contribution in [0, 0.1) is 23.7 Å². The Balaban J connectivity index is 1.50. The van der Waals surface area contributed by atoms with E-state index in [0.717, 1.165) is 69.8 Å². The van der Waals surface area contributed by atoms with Gasteiger partial charge in [-0.3, -0.25) is 8.77 Å². The van der Waals surface area contributed by atoms with Gasteiger partial charge in [0.15, 0.2) is 0 Å². The number of hydrogen-bond donors (Lipinski definition) is 0. The first kappa shape index (κ1) is 27.2. The normalized spacial score (nSPS) is 14.6. The third kappa shape index (κ3) is 5.03. The molecule has 5 aromatic rings. The summed E-state index contributed by atoms with van der Waals surface area (Å²) in [6.07, 6.45) is 1.50. The number of carbonyl (C=O) groups excluding carboxylic acids is 1. The summed E-state index contributed by atoms with van der Waals surface area (Å²) in [7, 11) is 1.47. The fraction of sp³-hybridized carbons (Fsp3) is 0.235. The predicted molar refractivity (Wildman–Crippen MR) is 169 cm³/mol. The van der Waals surface area contributed by atoms with Gasteiger partial charge >= 0.3 is 5.97 Å². The van der Waals surface area contributed by atoms with Crippen LogP contribution in [0.15, 0.2) is 89.1 Å². The number of fused-ring (bicyclic) bond motifs is 1. The molecule has 206 valence electrons. The lowest BCUT2D eigenvalue weighted by atomic mass is 9.80. The summed E-state index contributed by atoms with van der Waals surface area (Å²) in [6.45, 7) is 5.67. The van der Waals surface area contributed by atoms with Crippen LogP contribution < -0.4 is 4.90 Å². The molecule has 0 amide bonds. The number of thiophene rings is 1. The van der Waals surface area contributed by atoms with Crippen LogP contribution in [0.1, 0.15) is 30.2 Å². The number of piperidine rings is 1. The van der Waals surface area contributed by atoms with Crippen molar-refractivity contribution in [2.45, 2.75) is 31.6 Å². The lowest BCUT2D eigenvalue weighted by molar-refractivity contribution is -0.152. The van der Waals surface area contributed by atoms with Gasteiger partial charge in [0.05, 0.1) is 23.7 Å². The Kier molecular flexibility index (Phi) is 7.37. The van der Waals surface area contributed by atoms with Crippen LogP contribution in [0.25, 0.3) is 33.3 Å². The van der Waals surface area contributed by atoms with E-state index in [4.69, 9.17) is 4.74 Å². The highest BCUT2D eigenvalue weighted by Crippen LogP contribution is 2.47. The molecular formula is C34H31N3O2S2. The van der Waals surface area contributed by atoms with E-state index in [-0.39, 0.29) is 5.97 Å². The van der Waals surface area contributed by atoms with E-state index in [1.165, 1.54) is 24.0 Å². The van der Waals surface area contributed by atoms with Crippen molar-refractivity contribution in [3.8, 4) is 28.5 Å². The van der Waals surface area contributed by atoms with Gasteiger partial charge in [-0.25, -0.2) is 0 Å². The molecule has 1 saturated heterocycles. The van der Waals surface area contributed by atoms with Crippen molar-refractivity contribution in [3.05, 3.63) is 94.7 Å². The number of para-hydroxylation sites is 1. The first-order chi connectivity index (χ1) is 19.9. The number of nitriles is 1. The van der Waals surface area contributed by atoms with Crippen LogP contribution in [0.5, 0.6) is 0 Å². The van der Waals surface area contributed by atoms with Crippen LogP contribution in [0.2, 0.25) is 0 Å². The second kappa shape index (κ2) is 11.1. The first-order valence-electron chi connectivity index (χ1n) is 13.7. The lowest BCUT2D eigenvalue weighted by Gasteiger charge is -2.38. The molecule has 7 heteroatoms. The second-order valence-electron chi connectivity index (χ2n) is 10.8. The number of carbonyl (C=O) groups is 1. The number of benzene rings is 3. The molecule has 0 radical (unpaired) electrons. The monoisotopic (exact) mass is 577 g/mol. The van der Waals surface area contributed by atoms with Gasteiger partial charge in [-0.05, 0) is 80.4 Å². The van der Waals surface area contributed by atoms with E-state index in [0.29, 0.717) is 4.88 Å². The Morgan fingerprint density at radius 1 is 1.02 bits per heavy atom. The van der Waals surface area contributed by atoms with Crippen LogP contribution in [-0.2, 0) is 9.53 Å². The number of hydrogen-bond acceptors (Lipinski definition) is 6. The highest BCUT2D eigenvalue weighted by molar-refractivity contribution is 7.98. The molecule has 0 spiro atoms. The molecule has 0 saturated carbocycles. The molecule has 0 aliphatic carbocycles. The van der Waals surface area contributed by atoms with Gasteiger partial charge in [-0.2, -0.15) is 5.26 Å². The number of nitrogens with zero attached hydrogens (tertiary/aromatic N) is 3. The summed E-state index contributed by atoms with van der Waals surface area (Å²) in [5.74, 6) is -0.128. The minimum absolute atomic E-state index is 0.128. The minimum atomic E-state index is -0.445. The molecule has 3 heterocycles. The maximum Gasteiger partial charge on any atom is 0.311 e. The van der Waals surface area contributed by atoms with Gasteiger partial charge in [-0.15, -0.1) is 11.3 Å². The SMILES string of the molecule is COC(=O)C1(C)CCN(c2cccc(-c3c(-c4ccsc4C#N)c4ccccc4n3Sc3ccc(C)cc3)c2)CC1. The van der Waals surface area contributed by atoms with Crippen LogP contribution >= 0.6 is 23.3 Å². The second-order valence-corrected chi connectivity index (χ2v) is 12.7. The molecule has 1 fully saturated rings. The van der Waals surface area contributed by atoms with Crippen molar-refractivity contribution < 1.29 is 9.53 Å². The number of esters is 1. The van der Waals surface area contributed by atoms with Crippen molar-refractivity contribution >= 4 is 45.8 Å². The summed E-state index contributed by atoms with van der Waals surface area (Å²) in [5, 5.41) is 13.1. The Hall–Kier alpha value is -3.99. The van der Waals surface area contributed by atoms with Crippen molar-refractivity contribution in [1.29, 1.82) is 5.26 Å². The van der Waals surface area contributed by atoms with Crippen molar-refractivity contribution in [2.24, 2.45) is 5.41 Å². The van der Waals surface area contributed by atoms with Gasteiger partial charge < -0.3 is 9.64 Å². The molecule has 0 unspecified atom stereocenters. The average molecular weight is 578 g/mol. The molecule has 1 aliphatic rings. The molecular weight excluding hydrogens is 547 g/mol. The Morgan fingerprint density at radius 2 is 1.78 bits per heavy atom. The zero-order chi connectivity index (χ0) is 28.6. The van der Waals surface area contributed by atoms with Crippen molar-refractivity contribution in [1.82, 2.24) is 3.97 Å². The highest BCUT2D eigenvalue weighted by atomic mass is 32.2. The van der Waals surface area contributed by atoms with E-state index >= 15 is 0 Å². The largest absolute Gasteiger partial charge is 0.469 e. The van der Waals surface area contributed by atoms with E-state index < -0.39 is 5.41 Å². The molecule has 6 rings (SSSR count). The molecule has 0 N–H and O–H groups in total. The van der Waals surface area contributed by atoms with Gasteiger partial charge in [0.25, 0.3) is 0 Å². The van der Waals surface area contributed by atoms with E-state index in [2.05, 4.69) is 101 Å². The maximum atomic E-state index is 12.4. The number of anilines is 1. The predicted octanol–water partition coefficient (Wildman–Crippen LogP) is 8.55. The fourth-order valence-electron chi connectivity index (χ4n) is 5.70. The number of rotatable bonds is 6. The van der Waals surface area contributed by atoms with Crippen molar-refractivity contribution in [2.75, 3.05) is 25.1 Å². The molecule has 1 aliphatic heterocycles. The number of ether oxygens (including phenoxy) is 1. The fourth-order valence-corrected chi connectivity index (χ4v) is 7.40. The topological polar surface area (TPSA) is 58.3 Å². The summed E-state index contributed by atoms with van der Waals surface area (Å²) in [4.78, 5) is 16.6. The Morgan fingerprint density at radius 3 is 2.51 bits per heavy atom. The quantitative estimate of drug-likeness (QED) is 0.189. The Labute approximate surface area is 249 Å². The number of methoxy groups -OCH3 is 1. The van der Waals surface area contributed by atoms with Crippen LogP contribution in [0.4, 0.5) is 5.69 Å². The summed E-state index contributed by atoms with van der Waals surface area (Å²) < 4.78 is 7.41. The van der Waals surface area contributed by atoms with Gasteiger partial charge in [-0.1, -0.05) is 48.0 Å². The maximum absolute atomic E-state index is 12.4. The van der Waals surface area contributed by atoms with E-state index in [1.54, 1.807) is 11.9 Å². The minimum Gasteiger partial charge on any atom is -0.469 e. The number of aryl methyl sites for hydroxylation is 1. The van der Waals surface area contributed by atoms with Gasteiger partial charge in [0, 0.05) is 45.7 Å². The zero-order valence-electron chi connectivity index (χ0n) is 23.4. The molecule has 41 heavy (non-hydrogen) atoms. The average Bonchev–Trinajstić information content (AvgIpc) is 3.60. The van der Waals surface area contributed by atoms with Gasteiger partial charge in [0.2, 0.25) is 0 Å². The third-order valence-electron chi connectivity index (χ3n) is 8.12. The smallest absolute Gasteiger partial charge is 0.311 e. The Bertz CT molecular complexity index is 1770. The summed E-state index contributed by atoms with van der Waals surface area (Å²) in [5.41, 5.74) is 7.21. The standard InChI is InChI=1S/C34H31N3O2S2/c1-23-11-13-26(14-12-23)41-37-29-10-5-4-9-27(29)31(28-15-20-40-30(28)22-35)32(37)24-7-6-8-25(21-24)36-18-16-34(2,17-19-36)33(38)39-3/h4-15,20-21H,16-19H2,1-3H3. The zero-order valence-corrected chi connectivity index (χ0v) is 25.0. The summed E-state index contributed by atoms with van der Waals surface area (Å²) in [6, 6.07) is 30.2. The van der Waals surface area contributed by atoms with E-state index in [9.17, 15) is 10.1 Å². The number of aromatic nitrogens is 1. The van der Waals surface area contributed by atoms with Crippen LogP contribution in [-0.4, -0.2) is 30.1 Å². The van der Waals surface area contributed by atoms with Crippen LogP contribution in [0.3, 0.4) is 0 Å². The highest BCUT2D eigenvalue weighted by Gasteiger charge is 2.38. The molecule has 0 atom stereocenters. The lowest BCUT2D eigenvalue weighted by Crippen LogP contribution is -2.43. The third-order valence-corrected chi connectivity index (χ3v) is 9.98. The van der Waals surface area contributed by atoms with Gasteiger partial charge in [0.1, 0.15) is 10.9 Å². The summed E-state index contributed by atoms with van der Waals surface area (Å²) >= 11 is 3.18. The first-order valence-corrected chi connectivity index (χ1v) is 15.4. The molecule has 3 aromatic carbocycles. The van der Waals surface area contributed by atoms with Crippen molar-refractivity contribution in [3.63, 3.8) is 0 Å². The molecule has 0 bridgehead atoms. The van der Waals surface area contributed by atoms with E-state index in [1.807, 2.05) is 12.3 Å².